The summed E-state index contributed by atoms with van der Waals surface area (Å²) in [4.78, 5) is 50.8. The minimum atomic E-state index is -3.21. The number of halogens is 1. The molecule has 1 aromatic rings. The van der Waals surface area contributed by atoms with Crippen molar-refractivity contribution in [2.24, 2.45) is 0 Å². The maximum absolute atomic E-state index is 14.6. The highest BCUT2D eigenvalue weighted by atomic mass is 19.1. The Morgan fingerprint density at radius 2 is 1.43 bits per heavy atom. The lowest BCUT2D eigenvalue weighted by Gasteiger charge is -2.51. The van der Waals surface area contributed by atoms with Crippen molar-refractivity contribution in [2.75, 3.05) is 40.1 Å². The molecular weight excluding hydrogens is 1000 g/mol. The number of hydrogen-bond acceptors (Lipinski definition) is 25. The molecule has 14 unspecified atom stereocenters. The number of carboxylic acids is 1. The fourth-order valence-corrected chi connectivity index (χ4v) is 8.95. The molecular formula is C45H69FN2O26. The number of aromatic hydroxyl groups is 1. The number of aliphatic hydroxyl groups excluding tert-OH is 11. The number of phenols is 1. The standard InChI is InChI=1S/C45H69FN2O26/c1-19(52)47-29-23(54)14-45(44(64)65,73-37(29)32(59)24(55)15-49)74-39-33(60)26(16-50)69-43(35(39)62)72-38-30(48-40(63)21-13-20(46)10-11-22(21)53)41(67-12-8-6-4-3-5-7-9-28(57)66-2)70-27(17-51)36(38)71-42-34(61)31(58)25(56)18-68-42/h10-11,13,23-27,29-39,41-43,49-51,53-56,58-62H,3-9,12,14-18H2,1-2H3,(H,47,52)(H,48,63)(H,64,65)/t23?,24?,25-,26?,27?,29-,30?,31?,32?,33-,34?,35?,36+,37?,38?,39?,41-,42?,43?,45+/m1/s1. The second-order valence-corrected chi connectivity index (χ2v) is 18.3. The predicted octanol–water partition coefficient (Wildman–Crippen LogP) is -5.55. The number of amides is 2. The number of carbonyl (C=O) groups is 4. The molecule has 0 aromatic heterocycles. The summed E-state index contributed by atoms with van der Waals surface area (Å²) in [5, 5.41) is 145. The minimum absolute atomic E-state index is 0.122. The molecule has 0 radical (unpaired) electrons. The lowest BCUT2D eigenvalue weighted by atomic mass is 9.88. The van der Waals surface area contributed by atoms with Crippen molar-refractivity contribution < 1.29 is 133 Å². The first-order valence-electron chi connectivity index (χ1n) is 24.0. The Kier molecular flexibility index (Phi) is 23.0. The SMILES string of the molecule is COC(=O)CCCCCCCCO[C@@H]1OC(CO)[C@H](OC2OC[C@@H](O)C(O)C2O)C(OC2OC(CO)[C@@H](O)C(O[C@]3(C(=O)O)CC(O)[C@@H](NC(C)=O)C(C(O)C(O)CO)O3)C2O)C1NC(=O)c1cc(F)ccc1O. The molecule has 74 heavy (non-hydrogen) atoms. The summed E-state index contributed by atoms with van der Waals surface area (Å²) in [7, 11) is 1.29. The van der Waals surface area contributed by atoms with Crippen LogP contribution in [0.4, 0.5) is 4.39 Å². The van der Waals surface area contributed by atoms with Crippen molar-refractivity contribution in [1.29, 1.82) is 0 Å². The topological polar surface area (TPSA) is 438 Å². The van der Waals surface area contributed by atoms with Gasteiger partial charge in [-0.15, -0.1) is 0 Å². The molecule has 4 fully saturated rings. The van der Waals surface area contributed by atoms with Gasteiger partial charge in [-0.2, -0.15) is 0 Å². The Balaban J connectivity index is 1.53. The Morgan fingerprint density at radius 1 is 0.784 bits per heavy atom. The Bertz CT molecular complexity index is 1980. The molecule has 4 aliphatic heterocycles. The number of benzene rings is 1. The van der Waals surface area contributed by atoms with Gasteiger partial charge in [-0.1, -0.05) is 25.7 Å². The molecule has 0 spiro atoms. The first kappa shape index (κ1) is 60.9. The van der Waals surface area contributed by atoms with Crippen molar-refractivity contribution in [2.45, 2.75) is 180 Å². The van der Waals surface area contributed by atoms with Gasteiger partial charge >= 0.3 is 11.9 Å². The largest absolute Gasteiger partial charge is 0.507 e. The second kappa shape index (κ2) is 27.9. The third-order valence-corrected chi connectivity index (χ3v) is 13.0. The summed E-state index contributed by atoms with van der Waals surface area (Å²) >= 11 is 0. The zero-order valence-corrected chi connectivity index (χ0v) is 40.4. The molecule has 0 aliphatic carbocycles. The van der Waals surface area contributed by atoms with E-state index in [1.165, 1.54) is 7.11 Å². The van der Waals surface area contributed by atoms with Crippen LogP contribution >= 0.6 is 0 Å². The molecule has 0 bridgehead atoms. The number of phenolic OH excluding ortho intramolecular Hbond substituents is 1. The minimum Gasteiger partial charge on any atom is -0.507 e. The molecule has 2 amide bonds. The molecule has 20 atom stereocenters. The highest BCUT2D eigenvalue weighted by Crippen LogP contribution is 2.39. The summed E-state index contributed by atoms with van der Waals surface area (Å²) in [6.45, 7) is -2.97. The number of unbranched alkanes of at least 4 members (excludes halogenated alkanes) is 5. The van der Waals surface area contributed by atoms with Crippen molar-refractivity contribution in [1.82, 2.24) is 10.6 Å². The fourth-order valence-electron chi connectivity index (χ4n) is 8.95. The summed E-state index contributed by atoms with van der Waals surface area (Å²) < 4.78 is 66.6. The van der Waals surface area contributed by atoms with Gasteiger partial charge in [0.15, 0.2) is 18.9 Å². The van der Waals surface area contributed by atoms with Gasteiger partial charge in [-0.25, -0.2) is 9.18 Å². The molecule has 29 heteroatoms. The summed E-state index contributed by atoms with van der Waals surface area (Å²) in [5.41, 5.74) is -0.644. The van der Waals surface area contributed by atoms with E-state index in [9.17, 15) is 90.0 Å². The number of rotatable bonds is 25. The fraction of sp³-hybridized carbons (Fsp3) is 0.778. The number of aliphatic hydroxyl groups is 11. The summed E-state index contributed by atoms with van der Waals surface area (Å²) in [5.74, 6) is -9.33. The third kappa shape index (κ3) is 15.0. The van der Waals surface area contributed by atoms with Gasteiger partial charge in [-0.05, 0) is 31.0 Å². The monoisotopic (exact) mass is 1070 g/mol. The normalized spacial score (nSPS) is 36.3. The highest BCUT2D eigenvalue weighted by Gasteiger charge is 2.61. The number of hydrogen-bond donors (Lipinski definition) is 15. The van der Waals surface area contributed by atoms with Crippen LogP contribution in [0.3, 0.4) is 0 Å². The summed E-state index contributed by atoms with van der Waals surface area (Å²) in [6.07, 6.45) is -31.3. The van der Waals surface area contributed by atoms with Crippen LogP contribution in [0.15, 0.2) is 18.2 Å². The number of nitrogens with one attached hydrogen (secondary N) is 2. The molecule has 0 saturated carbocycles. The average Bonchev–Trinajstić information content (AvgIpc) is 3.37. The average molecular weight is 1070 g/mol. The molecule has 15 N–H and O–H groups in total. The van der Waals surface area contributed by atoms with E-state index < -0.39 is 190 Å². The summed E-state index contributed by atoms with van der Waals surface area (Å²) in [6, 6.07) is -1.06. The molecule has 422 valence electrons. The zero-order chi connectivity index (χ0) is 54.6. The van der Waals surface area contributed by atoms with Crippen LogP contribution in [-0.4, -0.2) is 252 Å². The Labute approximate surface area is 422 Å². The lowest BCUT2D eigenvalue weighted by molar-refractivity contribution is -0.388. The highest BCUT2D eigenvalue weighted by molar-refractivity contribution is 5.97. The molecule has 1 aromatic carbocycles. The van der Waals surface area contributed by atoms with E-state index in [0.29, 0.717) is 31.7 Å². The van der Waals surface area contributed by atoms with Crippen LogP contribution < -0.4 is 10.6 Å². The van der Waals surface area contributed by atoms with E-state index in [1.54, 1.807) is 0 Å². The third-order valence-electron chi connectivity index (χ3n) is 13.0. The van der Waals surface area contributed by atoms with Crippen LogP contribution in [0.25, 0.3) is 0 Å². The zero-order valence-electron chi connectivity index (χ0n) is 40.4. The van der Waals surface area contributed by atoms with Gasteiger partial charge in [0, 0.05) is 26.4 Å². The Hall–Kier alpha value is -3.93. The number of ether oxygens (including phenoxy) is 9. The molecule has 4 heterocycles. The number of carboxylic acid groups (broad SMARTS) is 1. The molecule has 4 saturated heterocycles. The van der Waals surface area contributed by atoms with Crippen LogP contribution in [-0.2, 0) is 57.0 Å². The Morgan fingerprint density at radius 3 is 2.07 bits per heavy atom. The van der Waals surface area contributed by atoms with Crippen molar-refractivity contribution in [3.05, 3.63) is 29.6 Å². The van der Waals surface area contributed by atoms with Gasteiger partial charge in [0.1, 0.15) is 97.0 Å². The predicted molar refractivity (Wildman–Crippen MR) is 238 cm³/mol. The molecule has 28 nitrogen and oxygen atoms in total. The lowest BCUT2D eigenvalue weighted by Crippen LogP contribution is -2.71. The van der Waals surface area contributed by atoms with E-state index in [0.717, 1.165) is 31.9 Å². The van der Waals surface area contributed by atoms with Crippen LogP contribution in [0.2, 0.25) is 0 Å². The molecule has 5 rings (SSSR count). The van der Waals surface area contributed by atoms with E-state index in [1.807, 2.05) is 0 Å². The molecule has 4 aliphatic rings. The number of carbonyl (C=O) groups excluding carboxylic acids is 3. The van der Waals surface area contributed by atoms with Crippen LogP contribution in [0.5, 0.6) is 5.75 Å². The second-order valence-electron chi connectivity index (χ2n) is 18.3. The van der Waals surface area contributed by atoms with Crippen LogP contribution in [0.1, 0.15) is 68.6 Å². The first-order chi connectivity index (χ1) is 35.1. The van der Waals surface area contributed by atoms with E-state index in [2.05, 4.69) is 15.4 Å². The van der Waals surface area contributed by atoms with E-state index in [4.69, 9.17) is 37.9 Å². The van der Waals surface area contributed by atoms with Gasteiger partial charge in [0.2, 0.25) is 5.91 Å². The first-order valence-corrected chi connectivity index (χ1v) is 24.0. The van der Waals surface area contributed by atoms with Gasteiger partial charge in [-0.3, -0.25) is 14.4 Å². The van der Waals surface area contributed by atoms with Crippen molar-refractivity contribution in [3.8, 4) is 5.75 Å². The smallest absolute Gasteiger partial charge is 0.364 e. The number of aliphatic carboxylic acids is 1. The van der Waals surface area contributed by atoms with Crippen molar-refractivity contribution in [3.63, 3.8) is 0 Å². The van der Waals surface area contributed by atoms with Gasteiger partial charge in [0.05, 0.1) is 51.2 Å². The van der Waals surface area contributed by atoms with Gasteiger partial charge < -0.3 is 120 Å². The van der Waals surface area contributed by atoms with E-state index >= 15 is 0 Å². The van der Waals surface area contributed by atoms with Gasteiger partial charge in [0.25, 0.3) is 11.7 Å². The number of methoxy groups -OCH3 is 1. The van der Waals surface area contributed by atoms with Crippen LogP contribution in [0, 0.1) is 5.82 Å². The number of esters is 1. The maximum atomic E-state index is 14.6. The maximum Gasteiger partial charge on any atom is 0.364 e. The van der Waals surface area contributed by atoms with E-state index in [-0.39, 0.29) is 19.0 Å². The van der Waals surface area contributed by atoms with Crippen molar-refractivity contribution >= 4 is 23.8 Å². The quantitative estimate of drug-likeness (QED) is 0.0321.